The molecule has 2 heterocycles. The van der Waals surface area contributed by atoms with E-state index in [-0.39, 0.29) is 0 Å². The van der Waals surface area contributed by atoms with Gasteiger partial charge < -0.3 is 0 Å². The van der Waals surface area contributed by atoms with Crippen LogP contribution in [0.2, 0.25) is 0 Å². The Labute approximate surface area is 76.6 Å². The predicted molar refractivity (Wildman–Crippen MR) is 50.4 cm³/mol. The molecule has 0 radical (unpaired) electrons. The van der Waals surface area contributed by atoms with Crippen molar-refractivity contribution in [3.05, 3.63) is 18.0 Å². The van der Waals surface area contributed by atoms with E-state index in [4.69, 9.17) is 0 Å². The lowest BCUT2D eigenvalue weighted by Gasteiger charge is -2.02. The van der Waals surface area contributed by atoms with Crippen LogP contribution in [0.1, 0.15) is 25.5 Å². The molecule has 68 valence electrons. The Bertz CT molecular complexity index is 430. The van der Waals surface area contributed by atoms with Crippen molar-refractivity contribution in [2.45, 2.75) is 19.8 Å². The summed E-state index contributed by atoms with van der Waals surface area (Å²) in [7, 11) is 1.87. The van der Waals surface area contributed by atoms with Crippen LogP contribution in [0.5, 0.6) is 0 Å². The van der Waals surface area contributed by atoms with Crippen LogP contribution < -0.4 is 0 Å². The molecule has 2 aromatic heterocycles. The van der Waals surface area contributed by atoms with Gasteiger partial charge in [-0.1, -0.05) is 19.1 Å². The summed E-state index contributed by atoms with van der Waals surface area (Å²) >= 11 is 0. The summed E-state index contributed by atoms with van der Waals surface area (Å²) in [6.07, 6.45) is 1.82. The third-order valence-corrected chi connectivity index (χ3v) is 2.11. The average molecular weight is 176 g/mol. The smallest absolute Gasteiger partial charge is 0.116 e. The van der Waals surface area contributed by atoms with Crippen molar-refractivity contribution < 1.29 is 0 Å². The number of pyridine rings is 1. The van der Waals surface area contributed by atoms with Crippen LogP contribution in [-0.4, -0.2) is 20.0 Å². The first-order valence-electron chi connectivity index (χ1n) is 4.34. The molecule has 0 atom stereocenters. The highest BCUT2D eigenvalue weighted by Crippen LogP contribution is 2.15. The molecule has 0 amide bonds. The summed E-state index contributed by atoms with van der Waals surface area (Å²) in [5, 5.41) is 7.96. The third kappa shape index (κ3) is 1.28. The van der Waals surface area contributed by atoms with Crippen molar-refractivity contribution in [3.8, 4) is 0 Å². The number of rotatable bonds is 1. The monoisotopic (exact) mass is 176 g/mol. The van der Waals surface area contributed by atoms with Crippen molar-refractivity contribution in [2.75, 3.05) is 0 Å². The van der Waals surface area contributed by atoms with Gasteiger partial charge in [0.05, 0.1) is 6.20 Å². The van der Waals surface area contributed by atoms with E-state index in [2.05, 4.69) is 29.1 Å². The number of aryl methyl sites for hydroxylation is 1. The Morgan fingerprint density at radius 3 is 2.85 bits per heavy atom. The molecule has 0 unspecified atom stereocenters. The third-order valence-electron chi connectivity index (χ3n) is 2.11. The summed E-state index contributed by atoms with van der Waals surface area (Å²) in [4.78, 5) is 4.34. The van der Waals surface area contributed by atoms with Gasteiger partial charge in [-0.2, -0.15) is 0 Å². The molecular formula is C9H12N4. The second-order valence-corrected chi connectivity index (χ2v) is 3.47. The van der Waals surface area contributed by atoms with Crippen LogP contribution in [0.25, 0.3) is 11.0 Å². The molecule has 0 bridgehead atoms. The Balaban J connectivity index is 2.63. The van der Waals surface area contributed by atoms with Crippen molar-refractivity contribution in [1.29, 1.82) is 0 Å². The van der Waals surface area contributed by atoms with Crippen molar-refractivity contribution in [1.82, 2.24) is 20.0 Å². The molecule has 0 fully saturated rings. The van der Waals surface area contributed by atoms with Gasteiger partial charge in [0.25, 0.3) is 0 Å². The van der Waals surface area contributed by atoms with Crippen LogP contribution in [0.15, 0.2) is 12.3 Å². The Morgan fingerprint density at radius 1 is 1.38 bits per heavy atom. The van der Waals surface area contributed by atoms with Gasteiger partial charge >= 0.3 is 0 Å². The normalized spacial score (nSPS) is 11.4. The molecule has 2 rings (SSSR count). The van der Waals surface area contributed by atoms with Gasteiger partial charge in [-0.25, -0.2) is 4.68 Å². The number of nitrogens with zero attached hydrogens (tertiary/aromatic N) is 4. The van der Waals surface area contributed by atoms with E-state index < -0.39 is 0 Å². The molecule has 0 aliphatic rings. The molecule has 0 aliphatic heterocycles. The summed E-state index contributed by atoms with van der Waals surface area (Å²) < 4.78 is 1.73. The molecular weight excluding hydrogens is 164 g/mol. The number of aromatic nitrogens is 4. The van der Waals surface area contributed by atoms with Crippen molar-refractivity contribution in [2.24, 2.45) is 7.05 Å². The van der Waals surface area contributed by atoms with Crippen LogP contribution in [-0.2, 0) is 7.05 Å². The quantitative estimate of drug-likeness (QED) is 0.661. The van der Waals surface area contributed by atoms with Crippen molar-refractivity contribution >= 4 is 11.0 Å². The molecule has 2 aromatic rings. The van der Waals surface area contributed by atoms with Gasteiger partial charge in [-0.05, 0) is 12.0 Å². The Morgan fingerprint density at radius 2 is 2.15 bits per heavy atom. The zero-order valence-corrected chi connectivity index (χ0v) is 8.02. The van der Waals surface area contributed by atoms with Crippen LogP contribution in [0.4, 0.5) is 0 Å². The summed E-state index contributed by atoms with van der Waals surface area (Å²) in [6.45, 7) is 4.23. The van der Waals surface area contributed by atoms with Gasteiger partial charge in [-0.15, -0.1) is 5.10 Å². The lowest BCUT2D eigenvalue weighted by atomic mass is 10.1. The minimum atomic E-state index is 0.436. The molecule has 0 spiro atoms. The minimum absolute atomic E-state index is 0.436. The molecule has 4 nitrogen and oxygen atoms in total. The standard InChI is InChI=1S/C9H12N4/c1-6(2)7-4-8-9(5-10-7)13(3)12-11-8/h4-6H,1-3H3. The van der Waals surface area contributed by atoms with Crippen LogP contribution >= 0.6 is 0 Å². The fourth-order valence-corrected chi connectivity index (χ4v) is 1.26. The van der Waals surface area contributed by atoms with E-state index >= 15 is 0 Å². The van der Waals surface area contributed by atoms with Gasteiger partial charge in [0.15, 0.2) is 0 Å². The zero-order valence-electron chi connectivity index (χ0n) is 8.02. The first-order valence-corrected chi connectivity index (χ1v) is 4.34. The topological polar surface area (TPSA) is 43.6 Å². The molecule has 0 aliphatic carbocycles. The second-order valence-electron chi connectivity index (χ2n) is 3.47. The fourth-order valence-electron chi connectivity index (χ4n) is 1.26. The molecule has 13 heavy (non-hydrogen) atoms. The molecule has 0 N–H and O–H groups in total. The second kappa shape index (κ2) is 2.80. The highest BCUT2D eigenvalue weighted by Gasteiger charge is 2.05. The van der Waals surface area contributed by atoms with E-state index in [1.807, 2.05) is 19.3 Å². The Hall–Kier alpha value is -1.45. The largest absolute Gasteiger partial charge is 0.259 e. The highest BCUT2D eigenvalue weighted by molar-refractivity contribution is 5.73. The zero-order chi connectivity index (χ0) is 9.42. The number of fused-ring (bicyclic) bond motifs is 1. The fraction of sp³-hybridized carbons (Fsp3) is 0.444. The average Bonchev–Trinajstić information content (AvgIpc) is 2.47. The lowest BCUT2D eigenvalue weighted by Crippen LogP contribution is -1.93. The van der Waals surface area contributed by atoms with E-state index in [1.54, 1.807) is 4.68 Å². The highest BCUT2D eigenvalue weighted by atomic mass is 15.4. The molecule has 0 aromatic carbocycles. The Kier molecular flexibility index (Phi) is 1.76. The van der Waals surface area contributed by atoms with Crippen molar-refractivity contribution in [3.63, 3.8) is 0 Å². The summed E-state index contributed by atoms with van der Waals surface area (Å²) in [6, 6.07) is 1.99. The maximum Gasteiger partial charge on any atom is 0.116 e. The summed E-state index contributed by atoms with van der Waals surface area (Å²) in [5.74, 6) is 0.436. The number of hydrogen-bond donors (Lipinski definition) is 0. The van der Waals surface area contributed by atoms with Gasteiger partial charge in [0.1, 0.15) is 11.0 Å². The maximum atomic E-state index is 4.34. The van der Waals surface area contributed by atoms with E-state index in [0.29, 0.717) is 5.92 Å². The van der Waals surface area contributed by atoms with E-state index in [0.717, 1.165) is 16.7 Å². The number of hydrogen-bond acceptors (Lipinski definition) is 3. The first-order chi connectivity index (χ1) is 6.18. The van der Waals surface area contributed by atoms with E-state index in [1.165, 1.54) is 0 Å². The lowest BCUT2D eigenvalue weighted by molar-refractivity contribution is 0.735. The van der Waals surface area contributed by atoms with Gasteiger partial charge in [-0.3, -0.25) is 4.98 Å². The van der Waals surface area contributed by atoms with Gasteiger partial charge in [0.2, 0.25) is 0 Å². The minimum Gasteiger partial charge on any atom is -0.259 e. The SMILES string of the molecule is CC(C)c1cc2nnn(C)c2cn1. The molecule has 4 heteroatoms. The summed E-state index contributed by atoms with van der Waals surface area (Å²) in [5.41, 5.74) is 2.96. The maximum absolute atomic E-state index is 4.34. The molecule has 0 saturated heterocycles. The first kappa shape index (κ1) is 8.16. The van der Waals surface area contributed by atoms with Crippen LogP contribution in [0, 0.1) is 0 Å². The van der Waals surface area contributed by atoms with E-state index in [9.17, 15) is 0 Å². The van der Waals surface area contributed by atoms with Crippen LogP contribution in [0.3, 0.4) is 0 Å². The molecule has 0 saturated carbocycles. The predicted octanol–water partition coefficient (Wildman–Crippen LogP) is 1.49. The van der Waals surface area contributed by atoms with Gasteiger partial charge in [0, 0.05) is 12.7 Å².